The predicted octanol–water partition coefficient (Wildman–Crippen LogP) is 1.71. The predicted molar refractivity (Wildman–Crippen MR) is 88.2 cm³/mol. The molecule has 2 aromatic heterocycles. The van der Waals surface area contributed by atoms with Crippen LogP contribution in [0.15, 0.2) is 37.1 Å². The van der Waals surface area contributed by atoms with Crippen molar-refractivity contribution in [2.24, 2.45) is 5.73 Å². The van der Waals surface area contributed by atoms with Gasteiger partial charge in [0.15, 0.2) is 0 Å². The number of thioether (sulfide) groups is 1. The van der Waals surface area contributed by atoms with E-state index in [2.05, 4.69) is 15.3 Å². The molecule has 0 aromatic carbocycles. The van der Waals surface area contributed by atoms with Crippen molar-refractivity contribution in [3.63, 3.8) is 0 Å². The van der Waals surface area contributed by atoms with Crippen LogP contribution in [0.25, 0.3) is 5.82 Å². The van der Waals surface area contributed by atoms with Crippen molar-refractivity contribution in [2.45, 2.75) is 12.5 Å². The number of hydrogen-bond acceptors (Lipinski definition) is 5. The number of nitrogens with two attached hydrogens (primary N) is 1. The average Bonchev–Trinajstić information content (AvgIpc) is 2.99. The molecule has 0 unspecified atom stereocenters. The molecule has 3 N–H and O–H groups in total. The Morgan fingerprint density at radius 1 is 1.52 bits per heavy atom. The second-order valence-electron chi connectivity index (χ2n) is 4.25. The lowest BCUT2D eigenvalue weighted by Gasteiger charge is -2.11. The van der Waals surface area contributed by atoms with Crippen molar-refractivity contribution in [3.8, 4) is 5.82 Å². The summed E-state index contributed by atoms with van der Waals surface area (Å²) in [5, 5.41) is 2.76. The molecular weight excluding hydrogens is 310 g/mol. The van der Waals surface area contributed by atoms with Crippen LogP contribution in [0.4, 0.5) is 5.69 Å². The summed E-state index contributed by atoms with van der Waals surface area (Å²) < 4.78 is 1.79. The lowest BCUT2D eigenvalue weighted by molar-refractivity contribution is -0.117. The third-order valence-electron chi connectivity index (χ3n) is 2.75. The standard InChI is InChI=1S/C13H17N5OS.ClH/c1-20-7-4-11(14)13(19)17-10-2-3-12(16-8-10)18-6-5-15-9-18;/h2-3,5-6,8-9,11H,4,7,14H2,1H3,(H,17,19);1H/t11-;/m0./s1. The maximum absolute atomic E-state index is 11.8. The van der Waals surface area contributed by atoms with Crippen molar-refractivity contribution in [2.75, 3.05) is 17.3 Å². The third kappa shape index (κ3) is 5.04. The van der Waals surface area contributed by atoms with Crippen LogP contribution in [0.2, 0.25) is 0 Å². The lowest BCUT2D eigenvalue weighted by atomic mass is 10.2. The Hall–Kier alpha value is -1.57. The highest BCUT2D eigenvalue weighted by Crippen LogP contribution is 2.10. The van der Waals surface area contributed by atoms with Crippen molar-refractivity contribution < 1.29 is 4.79 Å². The topological polar surface area (TPSA) is 85.8 Å². The molecule has 0 aliphatic heterocycles. The molecule has 21 heavy (non-hydrogen) atoms. The SMILES string of the molecule is CSCC[C@H](N)C(=O)Nc1ccc(-n2ccnc2)nc1.Cl. The number of amides is 1. The molecule has 1 atom stereocenters. The van der Waals surface area contributed by atoms with Crippen molar-refractivity contribution in [3.05, 3.63) is 37.1 Å². The molecule has 2 rings (SSSR count). The Balaban J connectivity index is 0.00000220. The van der Waals surface area contributed by atoms with Gasteiger partial charge >= 0.3 is 0 Å². The molecule has 0 radical (unpaired) electrons. The normalized spacial score (nSPS) is 11.5. The van der Waals surface area contributed by atoms with Gasteiger partial charge in [-0.25, -0.2) is 9.97 Å². The second kappa shape index (κ2) is 8.66. The second-order valence-corrected chi connectivity index (χ2v) is 5.24. The van der Waals surface area contributed by atoms with E-state index in [-0.39, 0.29) is 18.3 Å². The van der Waals surface area contributed by atoms with Gasteiger partial charge in [0.05, 0.1) is 17.9 Å². The van der Waals surface area contributed by atoms with Crippen LogP contribution in [0.5, 0.6) is 0 Å². The zero-order valence-electron chi connectivity index (χ0n) is 11.6. The highest BCUT2D eigenvalue weighted by atomic mass is 35.5. The molecule has 0 saturated heterocycles. The number of rotatable bonds is 6. The molecule has 8 heteroatoms. The van der Waals surface area contributed by atoms with E-state index in [9.17, 15) is 4.79 Å². The fourth-order valence-electron chi connectivity index (χ4n) is 1.62. The highest BCUT2D eigenvalue weighted by Gasteiger charge is 2.13. The molecule has 1 amide bonds. The van der Waals surface area contributed by atoms with Crippen LogP contribution in [0.1, 0.15) is 6.42 Å². The van der Waals surface area contributed by atoms with Crippen LogP contribution < -0.4 is 11.1 Å². The first-order valence-corrected chi connectivity index (χ1v) is 7.60. The fraction of sp³-hybridized carbons (Fsp3) is 0.308. The number of nitrogens with one attached hydrogen (secondary N) is 1. The van der Waals surface area contributed by atoms with E-state index in [1.165, 1.54) is 0 Å². The van der Waals surface area contributed by atoms with Gasteiger partial charge in [0.25, 0.3) is 0 Å². The zero-order chi connectivity index (χ0) is 14.4. The maximum Gasteiger partial charge on any atom is 0.241 e. The summed E-state index contributed by atoms with van der Waals surface area (Å²) in [7, 11) is 0. The van der Waals surface area contributed by atoms with Gasteiger partial charge in [-0.05, 0) is 30.6 Å². The number of pyridine rings is 1. The van der Waals surface area contributed by atoms with Crippen LogP contribution in [-0.2, 0) is 4.79 Å². The molecule has 0 aliphatic carbocycles. The van der Waals surface area contributed by atoms with Crippen molar-refractivity contribution in [1.82, 2.24) is 14.5 Å². The van der Waals surface area contributed by atoms with Crippen LogP contribution in [0, 0.1) is 0 Å². The molecule has 6 nitrogen and oxygen atoms in total. The average molecular weight is 328 g/mol. The highest BCUT2D eigenvalue weighted by molar-refractivity contribution is 7.98. The van der Waals surface area contributed by atoms with Gasteiger partial charge in [-0.2, -0.15) is 11.8 Å². The Morgan fingerprint density at radius 3 is 2.90 bits per heavy atom. The monoisotopic (exact) mass is 327 g/mol. The molecule has 2 heterocycles. The van der Waals surface area contributed by atoms with Gasteiger partial charge in [0.2, 0.25) is 5.91 Å². The summed E-state index contributed by atoms with van der Waals surface area (Å²) in [6.45, 7) is 0. The van der Waals surface area contributed by atoms with Gasteiger partial charge in [0, 0.05) is 12.4 Å². The largest absolute Gasteiger partial charge is 0.323 e. The quantitative estimate of drug-likeness (QED) is 0.843. The van der Waals surface area contributed by atoms with Gasteiger partial charge in [-0.3, -0.25) is 9.36 Å². The Bertz CT molecular complexity index is 546. The summed E-state index contributed by atoms with van der Waals surface area (Å²) in [5.74, 6) is 1.43. The van der Waals surface area contributed by atoms with E-state index in [0.29, 0.717) is 12.1 Å². The lowest BCUT2D eigenvalue weighted by Crippen LogP contribution is -2.36. The Kier molecular flexibility index (Phi) is 7.21. The molecule has 0 fully saturated rings. The van der Waals surface area contributed by atoms with E-state index in [0.717, 1.165) is 11.6 Å². The van der Waals surface area contributed by atoms with E-state index >= 15 is 0 Å². The number of nitrogens with zero attached hydrogens (tertiary/aromatic N) is 3. The third-order valence-corrected chi connectivity index (χ3v) is 3.40. The van der Waals surface area contributed by atoms with E-state index in [1.54, 1.807) is 47.3 Å². The van der Waals surface area contributed by atoms with Crippen molar-refractivity contribution >= 4 is 35.8 Å². The van der Waals surface area contributed by atoms with E-state index in [4.69, 9.17) is 5.73 Å². The summed E-state index contributed by atoms with van der Waals surface area (Å²) >= 11 is 1.67. The van der Waals surface area contributed by atoms with E-state index < -0.39 is 6.04 Å². The van der Waals surface area contributed by atoms with Crippen LogP contribution >= 0.6 is 24.2 Å². The smallest absolute Gasteiger partial charge is 0.241 e. The minimum absolute atomic E-state index is 0. The molecule has 114 valence electrons. The number of imidazole rings is 1. The summed E-state index contributed by atoms with van der Waals surface area (Å²) in [6, 6.07) is 3.11. The fourth-order valence-corrected chi connectivity index (χ4v) is 2.11. The number of hydrogen-bond donors (Lipinski definition) is 2. The first-order chi connectivity index (χ1) is 9.70. The first-order valence-electron chi connectivity index (χ1n) is 6.20. The summed E-state index contributed by atoms with van der Waals surface area (Å²) in [4.78, 5) is 20.1. The van der Waals surface area contributed by atoms with Gasteiger partial charge in [0.1, 0.15) is 12.1 Å². The molecule has 0 aliphatic rings. The van der Waals surface area contributed by atoms with Gasteiger partial charge < -0.3 is 11.1 Å². The Labute approximate surface area is 133 Å². The molecule has 0 bridgehead atoms. The minimum atomic E-state index is -0.490. The summed E-state index contributed by atoms with van der Waals surface area (Å²) in [6.07, 6.45) is 9.41. The number of halogens is 1. The zero-order valence-corrected chi connectivity index (χ0v) is 13.2. The number of carbonyl (C=O) groups excluding carboxylic acids is 1. The van der Waals surface area contributed by atoms with Crippen LogP contribution in [0.3, 0.4) is 0 Å². The number of anilines is 1. The maximum atomic E-state index is 11.8. The minimum Gasteiger partial charge on any atom is -0.323 e. The van der Waals surface area contributed by atoms with Gasteiger partial charge in [-0.15, -0.1) is 12.4 Å². The van der Waals surface area contributed by atoms with Gasteiger partial charge in [-0.1, -0.05) is 0 Å². The van der Waals surface area contributed by atoms with Crippen LogP contribution in [-0.4, -0.2) is 38.5 Å². The van der Waals surface area contributed by atoms with E-state index in [1.807, 2.05) is 12.3 Å². The summed E-state index contributed by atoms with van der Waals surface area (Å²) in [5.41, 5.74) is 6.44. The molecule has 0 spiro atoms. The number of carbonyl (C=O) groups is 1. The Morgan fingerprint density at radius 2 is 2.33 bits per heavy atom. The molecule has 0 saturated carbocycles. The first kappa shape index (κ1) is 17.5. The molecular formula is C13H18ClN5OS. The molecule has 2 aromatic rings. The van der Waals surface area contributed by atoms with Crippen molar-refractivity contribution in [1.29, 1.82) is 0 Å². The number of aromatic nitrogens is 3.